The van der Waals surface area contributed by atoms with Crippen LogP contribution in [0.3, 0.4) is 0 Å². The van der Waals surface area contributed by atoms with Gasteiger partial charge in [0.25, 0.3) is 0 Å². The maximum atomic E-state index is 10.7. The SMILES string of the molecule is C=CCN(CC(=O)O)C1CC(C)N(C)C1. The average Bonchev–Trinajstić information content (AvgIpc) is 2.46. The van der Waals surface area contributed by atoms with Gasteiger partial charge in [0.15, 0.2) is 0 Å². The fourth-order valence-corrected chi connectivity index (χ4v) is 2.11. The van der Waals surface area contributed by atoms with Gasteiger partial charge in [-0.3, -0.25) is 9.69 Å². The van der Waals surface area contributed by atoms with Crippen LogP contribution in [-0.4, -0.2) is 59.6 Å². The lowest BCUT2D eigenvalue weighted by atomic mass is 10.1. The highest BCUT2D eigenvalue weighted by molar-refractivity contribution is 5.69. The molecule has 2 unspecified atom stereocenters. The number of nitrogens with zero attached hydrogens (tertiary/aromatic N) is 2. The Bertz CT molecular complexity index is 233. The second-order valence-electron chi connectivity index (χ2n) is 4.29. The van der Waals surface area contributed by atoms with Crippen LogP contribution >= 0.6 is 0 Å². The van der Waals surface area contributed by atoms with E-state index < -0.39 is 5.97 Å². The number of likely N-dealkylation sites (N-methyl/N-ethyl adjacent to an activating group) is 1. The summed E-state index contributed by atoms with van der Waals surface area (Å²) in [6.07, 6.45) is 2.81. The quantitative estimate of drug-likeness (QED) is 0.680. The normalized spacial score (nSPS) is 27.1. The summed E-state index contributed by atoms with van der Waals surface area (Å²) in [6, 6.07) is 0.884. The Hall–Kier alpha value is -0.870. The molecule has 86 valence electrons. The van der Waals surface area contributed by atoms with E-state index in [0.29, 0.717) is 18.6 Å². The predicted molar refractivity (Wildman–Crippen MR) is 59.9 cm³/mol. The molecule has 4 nitrogen and oxygen atoms in total. The van der Waals surface area contributed by atoms with Crippen molar-refractivity contribution in [3.05, 3.63) is 12.7 Å². The van der Waals surface area contributed by atoms with Gasteiger partial charge in [0.2, 0.25) is 0 Å². The third kappa shape index (κ3) is 3.32. The number of aliphatic carboxylic acids is 1. The molecule has 0 saturated carbocycles. The van der Waals surface area contributed by atoms with E-state index in [0.717, 1.165) is 13.0 Å². The van der Waals surface area contributed by atoms with Gasteiger partial charge < -0.3 is 10.0 Å². The van der Waals surface area contributed by atoms with Crippen molar-refractivity contribution in [3.63, 3.8) is 0 Å². The average molecular weight is 212 g/mol. The van der Waals surface area contributed by atoms with Crippen molar-refractivity contribution in [2.45, 2.75) is 25.4 Å². The van der Waals surface area contributed by atoms with Crippen LogP contribution in [0.4, 0.5) is 0 Å². The monoisotopic (exact) mass is 212 g/mol. The number of likely N-dealkylation sites (tertiary alicyclic amines) is 1. The molecule has 0 aliphatic carbocycles. The molecule has 0 radical (unpaired) electrons. The Morgan fingerprint density at radius 3 is 2.80 bits per heavy atom. The molecule has 1 saturated heterocycles. The molecular formula is C11H20N2O2. The van der Waals surface area contributed by atoms with Crippen molar-refractivity contribution in [3.8, 4) is 0 Å². The van der Waals surface area contributed by atoms with Crippen LogP contribution in [0.1, 0.15) is 13.3 Å². The number of rotatable bonds is 5. The van der Waals surface area contributed by atoms with Crippen LogP contribution in [0.2, 0.25) is 0 Å². The molecule has 0 aromatic rings. The zero-order valence-corrected chi connectivity index (χ0v) is 9.52. The van der Waals surface area contributed by atoms with Crippen LogP contribution in [0.25, 0.3) is 0 Å². The molecule has 0 spiro atoms. The fourth-order valence-electron chi connectivity index (χ4n) is 2.11. The van der Waals surface area contributed by atoms with Crippen molar-refractivity contribution in [1.29, 1.82) is 0 Å². The van der Waals surface area contributed by atoms with Gasteiger partial charge in [-0.05, 0) is 20.4 Å². The largest absolute Gasteiger partial charge is 0.480 e. The van der Waals surface area contributed by atoms with Crippen molar-refractivity contribution in [1.82, 2.24) is 9.80 Å². The summed E-state index contributed by atoms with van der Waals surface area (Å²) in [7, 11) is 2.08. The van der Waals surface area contributed by atoms with Crippen LogP contribution in [-0.2, 0) is 4.79 Å². The van der Waals surface area contributed by atoms with E-state index in [9.17, 15) is 4.79 Å². The smallest absolute Gasteiger partial charge is 0.317 e. The molecule has 0 aromatic heterocycles. The Morgan fingerprint density at radius 1 is 1.73 bits per heavy atom. The third-order valence-corrected chi connectivity index (χ3v) is 3.08. The topological polar surface area (TPSA) is 43.8 Å². The molecule has 1 N–H and O–H groups in total. The zero-order valence-electron chi connectivity index (χ0n) is 9.52. The van der Waals surface area contributed by atoms with Gasteiger partial charge in [0.1, 0.15) is 0 Å². The maximum absolute atomic E-state index is 10.7. The summed E-state index contributed by atoms with van der Waals surface area (Å²) in [6.45, 7) is 7.55. The number of hydrogen-bond acceptors (Lipinski definition) is 3. The highest BCUT2D eigenvalue weighted by Crippen LogP contribution is 2.19. The first-order chi connectivity index (χ1) is 7.04. The van der Waals surface area contributed by atoms with Crippen molar-refractivity contribution in [2.24, 2.45) is 0 Å². The van der Waals surface area contributed by atoms with E-state index in [1.165, 1.54) is 0 Å². The van der Waals surface area contributed by atoms with Crippen LogP contribution in [0.5, 0.6) is 0 Å². The molecule has 1 aliphatic rings. The Labute approximate surface area is 91.2 Å². The van der Waals surface area contributed by atoms with E-state index >= 15 is 0 Å². The fraction of sp³-hybridized carbons (Fsp3) is 0.727. The Balaban J connectivity index is 2.56. The minimum atomic E-state index is -0.765. The summed E-state index contributed by atoms with van der Waals surface area (Å²) in [4.78, 5) is 15.0. The lowest BCUT2D eigenvalue weighted by Crippen LogP contribution is -2.40. The molecule has 1 aliphatic heterocycles. The molecular weight excluding hydrogens is 192 g/mol. The predicted octanol–water partition coefficient (Wildman–Crippen LogP) is 0.652. The molecule has 1 heterocycles. The maximum Gasteiger partial charge on any atom is 0.317 e. The second kappa shape index (κ2) is 5.28. The van der Waals surface area contributed by atoms with Crippen LogP contribution < -0.4 is 0 Å². The number of carboxylic acids is 1. The first-order valence-corrected chi connectivity index (χ1v) is 5.31. The van der Waals surface area contributed by atoms with Gasteiger partial charge in [-0.15, -0.1) is 6.58 Å². The highest BCUT2D eigenvalue weighted by Gasteiger charge is 2.30. The zero-order chi connectivity index (χ0) is 11.4. The standard InChI is InChI=1S/C11H20N2O2/c1-4-5-13(8-11(14)15)10-6-9(2)12(3)7-10/h4,9-10H,1,5-8H2,2-3H3,(H,14,15). The second-order valence-corrected chi connectivity index (χ2v) is 4.29. The van der Waals surface area contributed by atoms with Crippen molar-refractivity contribution in [2.75, 3.05) is 26.7 Å². The van der Waals surface area contributed by atoms with Gasteiger partial charge in [-0.25, -0.2) is 0 Å². The lowest BCUT2D eigenvalue weighted by molar-refractivity contribution is -0.138. The Morgan fingerprint density at radius 2 is 2.40 bits per heavy atom. The van der Waals surface area contributed by atoms with E-state index in [2.05, 4.69) is 25.5 Å². The van der Waals surface area contributed by atoms with E-state index in [1.807, 2.05) is 4.90 Å². The van der Waals surface area contributed by atoms with Gasteiger partial charge in [0.05, 0.1) is 6.54 Å². The summed E-state index contributed by atoms with van der Waals surface area (Å²) in [5.41, 5.74) is 0. The summed E-state index contributed by atoms with van der Waals surface area (Å²) in [5.74, 6) is -0.765. The molecule has 1 fully saturated rings. The number of carbonyl (C=O) groups is 1. The van der Waals surface area contributed by atoms with Crippen LogP contribution in [0.15, 0.2) is 12.7 Å². The molecule has 0 aromatic carbocycles. The molecule has 4 heteroatoms. The summed E-state index contributed by atoms with van der Waals surface area (Å²) in [5, 5.41) is 8.81. The summed E-state index contributed by atoms with van der Waals surface area (Å²) < 4.78 is 0. The molecule has 1 rings (SSSR count). The van der Waals surface area contributed by atoms with Crippen molar-refractivity contribution < 1.29 is 9.90 Å². The minimum absolute atomic E-state index is 0.108. The molecule has 2 atom stereocenters. The van der Waals surface area contributed by atoms with E-state index in [4.69, 9.17) is 5.11 Å². The summed E-state index contributed by atoms with van der Waals surface area (Å²) >= 11 is 0. The molecule has 0 amide bonds. The minimum Gasteiger partial charge on any atom is -0.480 e. The van der Waals surface area contributed by atoms with E-state index in [1.54, 1.807) is 6.08 Å². The van der Waals surface area contributed by atoms with Gasteiger partial charge in [-0.2, -0.15) is 0 Å². The van der Waals surface area contributed by atoms with Gasteiger partial charge in [0, 0.05) is 25.2 Å². The number of carboxylic acid groups (broad SMARTS) is 1. The lowest BCUT2D eigenvalue weighted by Gasteiger charge is -2.25. The van der Waals surface area contributed by atoms with Crippen LogP contribution in [0, 0.1) is 0 Å². The van der Waals surface area contributed by atoms with Crippen molar-refractivity contribution >= 4 is 5.97 Å². The first-order valence-electron chi connectivity index (χ1n) is 5.31. The third-order valence-electron chi connectivity index (χ3n) is 3.08. The van der Waals surface area contributed by atoms with Gasteiger partial charge in [-0.1, -0.05) is 6.08 Å². The first kappa shape index (κ1) is 12.2. The van der Waals surface area contributed by atoms with Gasteiger partial charge >= 0.3 is 5.97 Å². The molecule has 15 heavy (non-hydrogen) atoms. The highest BCUT2D eigenvalue weighted by atomic mass is 16.4. The number of hydrogen-bond donors (Lipinski definition) is 1. The Kier molecular flexibility index (Phi) is 4.29. The van der Waals surface area contributed by atoms with E-state index in [-0.39, 0.29) is 6.54 Å². The molecule has 0 bridgehead atoms.